The van der Waals surface area contributed by atoms with Gasteiger partial charge in [0.2, 0.25) is 0 Å². The summed E-state index contributed by atoms with van der Waals surface area (Å²) in [5.41, 5.74) is 1.06. The van der Waals surface area contributed by atoms with Crippen molar-refractivity contribution >= 4 is 0 Å². The first-order valence-corrected chi connectivity index (χ1v) is 5.59. The summed E-state index contributed by atoms with van der Waals surface area (Å²) in [6.45, 7) is 3.08. The Morgan fingerprint density at radius 2 is 2.38 bits per heavy atom. The van der Waals surface area contributed by atoms with Crippen LogP contribution in [0.2, 0.25) is 0 Å². The van der Waals surface area contributed by atoms with Crippen molar-refractivity contribution in [3.8, 4) is 17.6 Å². The van der Waals surface area contributed by atoms with E-state index in [2.05, 4.69) is 22.1 Å². The molecule has 0 spiro atoms. The molecule has 3 nitrogen and oxygen atoms in total. The summed E-state index contributed by atoms with van der Waals surface area (Å²) in [6, 6.07) is 4.65. The zero-order valence-corrected chi connectivity index (χ0v) is 9.49. The summed E-state index contributed by atoms with van der Waals surface area (Å²) in [7, 11) is 0. The average Bonchev–Trinajstić information content (AvgIpc) is 3.12. The van der Waals surface area contributed by atoms with E-state index in [4.69, 9.17) is 4.74 Å². The van der Waals surface area contributed by atoms with Gasteiger partial charge < -0.3 is 10.1 Å². The maximum absolute atomic E-state index is 5.38. The molecule has 1 aromatic heterocycles. The van der Waals surface area contributed by atoms with Crippen LogP contribution in [0.5, 0.6) is 5.75 Å². The maximum atomic E-state index is 5.38. The van der Waals surface area contributed by atoms with Crippen molar-refractivity contribution in [1.82, 2.24) is 10.3 Å². The van der Waals surface area contributed by atoms with Gasteiger partial charge in [-0.15, -0.1) is 5.92 Å². The number of hydrogen-bond acceptors (Lipinski definition) is 3. The predicted molar refractivity (Wildman–Crippen MR) is 63.0 cm³/mol. The molecule has 0 saturated heterocycles. The summed E-state index contributed by atoms with van der Waals surface area (Å²) in [6.07, 6.45) is 4.36. The van der Waals surface area contributed by atoms with Crippen molar-refractivity contribution in [2.45, 2.75) is 32.4 Å². The molecule has 0 radical (unpaired) electrons. The van der Waals surface area contributed by atoms with Gasteiger partial charge in [0.1, 0.15) is 12.4 Å². The Labute approximate surface area is 96.2 Å². The Morgan fingerprint density at radius 1 is 1.50 bits per heavy atom. The quantitative estimate of drug-likeness (QED) is 0.761. The van der Waals surface area contributed by atoms with Gasteiger partial charge in [-0.2, -0.15) is 0 Å². The van der Waals surface area contributed by atoms with E-state index < -0.39 is 0 Å². The second-order valence-electron chi connectivity index (χ2n) is 3.86. The first-order valence-electron chi connectivity index (χ1n) is 5.59. The molecule has 0 bridgehead atoms. The van der Waals surface area contributed by atoms with Gasteiger partial charge in [0.25, 0.3) is 0 Å². The molecule has 3 heteroatoms. The van der Waals surface area contributed by atoms with Gasteiger partial charge in [-0.05, 0) is 31.9 Å². The first-order chi connectivity index (χ1) is 7.88. The van der Waals surface area contributed by atoms with Gasteiger partial charge in [0.05, 0.1) is 11.9 Å². The number of pyridine rings is 1. The highest BCUT2D eigenvalue weighted by molar-refractivity contribution is 5.20. The number of rotatable bonds is 5. The predicted octanol–water partition coefficient (Wildman–Crippen LogP) is 1.74. The van der Waals surface area contributed by atoms with E-state index in [1.165, 1.54) is 12.8 Å². The largest absolute Gasteiger partial charge is 0.479 e. The van der Waals surface area contributed by atoms with Gasteiger partial charge in [-0.1, -0.05) is 5.92 Å². The molecular weight excluding hydrogens is 200 g/mol. The number of nitrogens with zero attached hydrogens (tertiary/aromatic N) is 1. The molecule has 2 rings (SSSR count). The zero-order chi connectivity index (χ0) is 11.2. The summed E-state index contributed by atoms with van der Waals surface area (Å²) in [5.74, 6) is 6.41. The van der Waals surface area contributed by atoms with Crippen LogP contribution in [0.3, 0.4) is 0 Å². The van der Waals surface area contributed by atoms with Gasteiger partial charge in [0.15, 0.2) is 0 Å². The van der Waals surface area contributed by atoms with Crippen LogP contribution in [0.25, 0.3) is 0 Å². The highest BCUT2D eigenvalue weighted by Gasteiger charge is 2.19. The Bertz CT molecular complexity index is 385. The van der Waals surface area contributed by atoms with Gasteiger partial charge >= 0.3 is 0 Å². The summed E-state index contributed by atoms with van der Waals surface area (Å²) >= 11 is 0. The Balaban J connectivity index is 1.79. The normalized spacial score (nSPS) is 14.1. The molecule has 0 amide bonds. The zero-order valence-electron chi connectivity index (χ0n) is 9.49. The highest BCUT2D eigenvalue weighted by atomic mass is 16.5. The van der Waals surface area contributed by atoms with Crippen molar-refractivity contribution in [1.29, 1.82) is 0 Å². The summed E-state index contributed by atoms with van der Waals surface area (Å²) < 4.78 is 5.38. The van der Waals surface area contributed by atoms with Crippen LogP contribution in [0.1, 0.15) is 25.5 Å². The van der Waals surface area contributed by atoms with Crippen molar-refractivity contribution in [2.24, 2.45) is 0 Å². The Hall–Kier alpha value is -1.53. The fraction of sp³-hybridized carbons (Fsp3) is 0.462. The van der Waals surface area contributed by atoms with Crippen LogP contribution in [-0.4, -0.2) is 17.6 Å². The van der Waals surface area contributed by atoms with E-state index in [1.807, 2.05) is 12.1 Å². The minimum Gasteiger partial charge on any atom is -0.479 e. The van der Waals surface area contributed by atoms with Crippen LogP contribution >= 0.6 is 0 Å². The lowest BCUT2D eigenvalue weighted by Crippen LogP contribution is -2.16. The minimum atomic E-state index is 0.428. The monoisotopic (exact) mass is 216 g/mol. The van der Waals surface area contributed by atoms with Crippen LogP contribution in [-0.2, 0) is 6.54 Å². The minimum absolute atomic E-state index is 0.428. The number of nitrogens with one attached hydrogen (secondary N) is 1. The molecule has 84 valence electrons. The van der Waals surface area contributed by atoms with E-state index in [-0.39, 0.29) is 0 Å². The van der Waals surface area contributed by atoms with E-state index >= 15 is 0 Å². The highest BCUT2D eigenvalue weighted by Crippen LogP contribution is 2.19. The van der Waals surface area contributed by atoms with Crippen molar-refractivity contribution < 1.29 is 4.74 Å². The van der Waals surface area contributed by atoms with Gasteiger partial charge in [0, 0.05) is 12.6 Å². The summed E-state index contributed by atoms with van der Waals surface area (Å²) in [4.78, 5) is 4.32. The molecule has 16 heavy (non-hydrogen) atoms. The third-order valence-electron chi connectivity index (χ3n) is 2.43. The van der Waals surface area contributed by atoms with Crippen molar-refractivity contribution in [3.05, 3.63) is 24.0 Å². The van der Waals surface area contributed by atoms with Crippen LogP contribution in [0.4, 0.5) is 0 Å². The third-order valence-corrected chi connectivity index (χ3v) is 2.43. The fourth-order valence-corrected chi connectivity index (χ4v) is 1.33. The van der Waals surface area contributed by atoms with Crippen molar-refractivity contribution in [2.75, 3.05) is 6.61 Å². The van der Waals surface area contributed by atoms with Gasteiger partial charge in [-0.3, -0.25) is 4.98 Å². The topological polar surface area (TPSA) is 34.1 Å². The van der Waals surface area contributed by atoms with E-state index in [9.17, 15) is 0 Å². The summed E-state index contributed by atoms with van der Waals surface area (Å²) in [5, 5.41) is 3.42. The Morgan fingerprint density at radius 3 is 3.00 bits per heavy atom. The lowest BCUT2D eigenvalue weighted by Gasteiger charge is -2.04. The number of aromatic nitrogens is 1. The molecule has 0 aliphatic heterocycles. The molecule has 1 aliphatic rings. The SMILES string of the molecule is CC#CCOc1ccc(CNC2CC2)nc1. The fourth-order valence-electron chi connectivity index (χ4n) is 1.33. The van der Waals surface area contributed by atoms with E-state index in [0.29, 0.717) is 6.61 Å². The maximum Gasteiger partial charge on any atom is 0.149 e. The molecule has 0 aromatic carbocycles. The number of hydrogen-bond donors (Lipinski definition) is 1. The molecule has 1 N–H and O–H groups in total. The molecule has 1 saturated carbocycles. The molecule has 1 heterocycles. The third kappa shape index (κ3) is 3.56. The Kier molecular flexibility index (Phi) is 3.79. The lowest BCUT2D eigenvalue weighted by molar-refractivity contribution is 0.368. The molecule has 0 atom stereocenters. The lowest BCUT2D eigenvalue weighted by atomic mass is 10.3. The molecule has 1 aromatic rings. The first kappa shape index (κ1) is 11.0. The number of ether oxygens (including phenoxy) is 1. The standard InChI is InChI=1S/C13H16N2O/c1-2-3-8-16-13-7-6-12(15-10-13)9-14-11-4-5-11/h6-7,10-11,14H,4-5,8-9H2,1H3. The van der Waals surface area contributed by atoms with Crippen LogP contribution in [0.15, 0.2) is 18.3 Å². The van der Waals surface area contributed by atoms with E-state index in [1.54, 1.807) is 13.1 Å². The van der Waals surface area contributed by atoms with Crippen LogP contribution < -0.4 is 10.1 Å². The average molecular weight is 216 g/mol. The molecular formula is C13H16N2O. The second kappa shape index (κ2) is 5.53. The molecule has 1 aliphatic carbocycles. The van der Waals surface area contributed by atoms with Gasteiger partial charge in [-0.25, -0.2) is 0 Å². The molecule has 1 fully saturated rings. The second-order valence-corrected chi connectivity index (χ2v) is 3.86. The molecule has 0 unspecified atom stereocenters. The smallest absolute Gasteiger partial charge is 0.149 e. The van der Waals surface area contributed by atoms with Crippen molar-refractivity contribution in [3.63, 3.8) is 0 Å². The van der Waals surface area contributed by atoms with Crippen LogP contribution in [0, 0.1) is 11.8 Å². The van der Waals surface area contributed by atoms with E-state index in [0.717, 1.165) is 24.0 Å².